The van der Waals surface area contributed by atoms with Gasteiger partial charge in [0.1, 0.15) is 0 Å². The highest BCUT2D eigenvalue weighted by molar-refractivity contribution is 9.10. The van der Waals surface area contributed by atoms with E-state index in [4.69, 9.17) is 0 Å². The van der Waals surface area contributed by atoms with Gasteiger partial charge in [0.2, 0.25) is 0 Å². The van der Waals surface area contributed by atoms with E-state index in [0.717, 1.165) is 10.0 Å². The number of allylic oxidation sites excluding steroid dienone is 1. The SMILES string of the molecule is O=C(C=Cc1ccccc1)c1ccc(Br)cc1. The molecule has 0 fully saturated rings. The Balaban J connectivity index is 2.12. The van der Waals surface area contributed by atoms with Crippen LogP contribution in [-0.4, -0.2) is 5.78 Å². The molecular weight excluding hydrogens is 276 g/mol. The molecule has 0 unspecified atom stereocenters. The van der Waals surface area contributed by atoms with Crippen molar-refractivity contribution in [2.24, 2.45) is 0 Å². The molecule has 0 atom stereocenters. The van der Waals surface area contributed by atoms with Crippen LogP contribution in [0.4, 0.5) is 0 Å². The molecule has 84 valence electrons. The second-order valence-electron chi connectivity index (χ2n) is 3.62. The molecule has 0 heterocycles. The van der Waals surface area contributed by atoms with Gasteiger partial charge in [-0.05, 0) is 35.9 Å². The maximum Gasteiger partial charge on any atom is 0.185 e. The second kappa shape index (κ2) is 5.60. The van der Waals surface area contributed by atoms with Crippen LogP contribution in [-0.2, 0) is 0 Å². The Hall–Kier alpha value is -1.67. The average molecular weight is 287 g/mol. The summed E-state index contributed by atoms with van der Waals surface area (Å²) in [6.45, 7) is 0. The van der Waals surface area contributed by atoms with E-state index < -0.39 is 0 Å². The average Bonchev–Trinajstić information content (AvgIpc) is 2.38. The highest BCUT2D eigenvalue weighted by atomic mass is 79.9. The number of benzene rings is 2. The zero-order chi connectivity index (χ0) is 12.1. The largest absolute Gasteiger partial charge is 0.289 e. The van der Waals surface area contributed by atoms with E-state index in [9.17, 15) is 4.79 Å². The normalized spacial score (nSPS) is 10.6. The molecule has 0 aliphatic heterocycles. The summed E-state index contributed by atoms with van der Waals surface area (Å²) in [6, 6.07) is 17.1. The summed E-state index contributed by atoms with van der Waals surface area (Å²) in [6.07, 6.45) is 3.42. The third-order valence-corrected chi connectivity index (χ3v) is 2.88. The Bertz CT molecular complexity index is 527. The maximum absolute atomic E-state index is 11.8. The van der Waals surface area contributed by atoms with Gasteiger partial charge in [-0.2, -0.15) is 0 Å². The Morgan fingerprint density at radius 1 is 0.941 bits per heavy atom. The smallest absolute Gasteiger partial charge is 0.185 e. The zero-order valence-corrected chi connectivity index (χ0v) is 10.7. The summed E-state index contributed by atoms with van der Waals surface area (Å²) in [5.74, 6) is 0.0151. The van der Waals surface area contributed by atoms with Crippen LogP contribution in [0.25, 0.3) is 6.08 Å². The molecule has 0 aliphatic carbocycles. The summed E-state index contributed by atoms with van der Waals surface area (Å²) in [5.41, 5.74) is 1.72. The molecule has 2 rings (SSSR count). The molecule has 17 heavy (non-hydrogen) atoms. The number of hydrogen-bond donors (Lipinski definition) is 0. The van der Waals surface area contributed by atoms with Crippen molar-refractivity contribution in [2.45, 2.75) is 0 Å². The monoisotopic (exact) mass is 286 g/mol. The van der Waals surface area contributed by atoms with Crippen molar-refractivity contribution in [3.05, 3.63) is 76.3 Å². The minimum Gasteiger partial charge on any atom is -0.289 e. The van der Waals surface area contributed by atoms with Gasteiger partial charge in [-0.3, -0.25) is 4.79 Å². The van der Waals surface area contributed by atoms with Gasteiger partial charge in [-0.25, -0.2) is 0 Å². The van der Waals surface area contributed by atoms with Crippen LogP contribution >= 0.6 is 15.9 Å². The molecule has 2 heteroatoms. The lowest BCUT2D eigenvalue weighted by Crippen LogP contribution is -1.92. The highest BCUT2D eigenvalue weighted by Crippen LogP contribution is 2.12. The van der Waals surface area contributed by atoms with Crippen LogP contribution in [0, 0.1) is 0 Å². The minimum atomic E-state index is 0.0151. The number of halogens is 1. The fraction of sp³-hybridized carbons (Fsp3) is 0. The van der Waals surface area contributed by atoms with Gasteiger partial charge in [0, 0.05) is 10.0 Å². The van der Waals surface area contributed by atoms with E-state index in [1.807, 2.05) is 60.7 Å². The predicted octanol–water partition coefficient (Wildman–Crippen LogP) is 4.35. The van der Waals surface area contributed by atoms with E-state index in [0.29, 0.717) is 5.56 Å². The first-order chi connectivity index (χ1) is 8.25. The fourth-order valence-electron chi connectivity index (χ4n) is 1.45. The first-order valence-electron chi connectivity index (χ1n) is 5.29. The number of hydrogen-bond acceptors (Lipinski definition) is 1. The Labute approximate surface area is 109 Å². The molecule has 0 saturated carbocycles. The molecule has 0 radical (unpaired) electrons. The van der Waals surface area contributed by atoms with Gasteiger partial charge in [0.15, 0.2) is 5.78 Å². The third kappa shape index (κ3) is 3.40. The standard InChI is InChI=1S/C15H11BrO/c16-14-9-7-13(8-10-14)15(17)11-6-12-4-2-1-3-5-12/h1-11H. The van der Waals surface area contributed by atoms with Crippen LogP contribution in [0.15, 0.2) is 65.1 Å². The number of rotatable bonds is 3. The lowest BCUT2D eigenvalue weighted by molar-refractivity contribution is 0.104. The third-order valence-electron chi connectivity index (χ3n) is 2.36. The quantitative estimate of drug-likeness (QED) is 0.606. The number of carbonyl (C=O) groups is 1. The first kappa shape index (κ1) is 11.8. The van der Waals surface area contributed by atoms with Crippen molar-refractivity contribution in [1.29, 1.82) is 0 Å². The molecule has 0 spiro atoms. The summed E-state index contributed by atoms with van der Waals surface area (Å²) in [5, 5.41) is 0. The van der Waals surface area contributed by atoms with Crippen molar-refractivity contribution in [2.75, 3.05) is 0 Å². The van der Waals surface area contributed by atoms with E-state index in [1.54, 1.807) is 6.08 Å². The lowest BCUT2D eigenvalue weighted by Gasteiger charge is -1.96. The molecule has 0 saturated heterocycles. The molecule has 0 N–H and O–H groups in total. The fourth-order valence-corrected chi connectivity index (χ4v) is 1.71. The molecular formula is C15H11BrO. The number of ketones is 1. The van der Waals surface area contributed by atoms with Crippen molar-refractivity contribution in [3.8, 4) is 0 Å². The molecule has 1 nitrogen and oxygen atoms in total. The summed E-state index contributed by atoms with van der Waals surface area (Å²) >= 11 is 3.34. The number of carbonyl (C=O) groups excluding carboxylic acids is 1. The van der Waals surface area contributed by atoms with Crippen LogP contribution in [0.2, 0.25) is 0 Å². The van der Waals surface area contributed by atoms with Crippen molar-refractivity contribution in [1.82, 2.24) is 0 Å². The van der Waals surface area contributed by atoms with E-state index in [2.05, 4.69) is 15.9 Å². The summed E-state index contributed by atoms with van der Waals surface area (Å²) in [7, 11) is 0. The van der Waals surface area contributed by atoms with Crippen molar-refractivity contribution < 1.29 is 4.79 Å². The molecule has 0 bridgehead atoms. The lowest BCUT2D eigenvalue weighted by atomic mass is 10.1. The van der Waals surface area contributed by atoms with Crippen molar-refractivity contribution in [3.63, 3.8) is 0 Å². The van der Waals surface area contributed by atoms with Gasteiger partial charge in [0.05, 0.1) is 0 Å². The van der Waals surface area contributed by atoms with Gasteiger partial charge >= 0.3 is 0 Å². The molecule has 2 aromatic carbocycles. The second-order valence-corrected chi connectivity index (χ2v) is 4.53. The molecule has 0 aromatic heterocycles. The summed E-state index contributed by atoms with van der Waals surface area (Å²) < 4.78 is 0.973. The topological polar surface area (TPSA) is 17.1 Å². The first-order valence-corrected chi connectivity index (χ1v) is 6.08. The van der Waals surface area contributed by atoms with E-state index >= 15 is 0 Å². The van der Waals surface area contributed by atoms with Gasteiger partial charge in [-0.1, -0.05) is 52.3 Å². The Morgan fingerprint density at radius 2 is 1.59 bits per heavy atom. The molecule has 0 amide bonds. The minimum absolute atomic E-state index is 0.0151. The van der Waals surface area contributed by atoms with E-state index in [-0.39, 0.29) is 5.78 Å². The zero-order valence-electron chi connectivity index (χ0n) is 9.14. The van der Waals surface area contributed by atoms with E-state index in [1.165, 1.54) is 0 Å². The Morgan fingerprint density at radius 3 is 2.24 bits per heavy atom. The molecule has 0 aliphatic rings. The maximum atomic E-state index is 11.8. The highest BCUT2D eigenvalue weighted by Gasteiger charge is 2.00. The van der Waals surface area contributed by atoms with Crippen LogP contribution < -0.4 is 0 Å². The van der Waals surface area contributed by atoms with Crippen molar-refractivity contribution >= 4 is 27.8 Å². The van der Waals surface area contributed by atoms with Crippen LogP contribution in [0.5, 0.6) is 0 Å². The van der Waals surface area contributed by atoms with Gasteiger partial charge in [0.25, 0.3) is 0 Å². The van der Waals surface area contributed by atoms with Crippen LogP contribution in [0.1, 0.15) is 15.9 Å². The van der Waals surface area contributed by atoms with Gasteiger partial charge < -0.3 is 0 Å². The molecule has 2 aromatic rings. The predicted molar refractivity (Wildman–Crippen MR) is 73.9 cm³/mol. The summed E-state index contributed by atoms with van der Waals surface area (Å²) in [4.78, 5) is 11.8. The van der Waals surface area contributed by atoms with Gasteiger partial charge in [-0.15, -0.1) is 0 Å². The Kier molecular flexibility index (Phi) is 3.89. The van der Waals surface area contributed by atoms with Crippen LogP contribution in [0.3, 0.4) is 0 Å².